The molecule has 0 fully saturated rings. The minimum Gasteiger partial charge on any atom is -0.458 e. The number of ether oxygens (including phenoxy) is 2. The maximum atomic E-state index is 6.71. The van der Waals surface area contributed by atoms with E-state index in [1.807, 2.05) is 36.4 Å². The first kappa shape index (κ1) is 24.5. The van der Waals surface area contributed by atoms with Crippen molar-refractivity contribution in [1.29, 1.82) is 0 Å². The van der Waals surface area contributed by atoms with Crippen molar-refractivity contribution >= 4 is 72.9 Å². The van der Waals surface area contributed by atoms with Crippen LogP contribution in [0.1, 0.15) is 0 Å². The van der Waals surface area contributed by atoms with E-state index in [1.54, 1.807) is 0 Å². The summed E-state index contributed by atoms with van der Waals surface area (Å²) in [4.78, 5) is 2.28. The molecule has 0 saturated carbocycles. The first-order valence-corrected chi connectivity index (χ1v) is 15.2. The Hall–Kier alpha value is -5.94. The minimum absolute atomic E-state index is 0.0114. The lowest BCUT2D eigenvalue weighted by atomic mass is 9.34. The molecular weight excluding hydrogens is 553 g/mol. The molecule has 0 amide bonds. The zero-order chi connectivity index (χ0) is 29.5. The third-order valence-electron chi connectivity index (χ3n) is 9.17. The highest BCUT2D eigenvalue weighted by molar-refractivity contribution is 6.99. The van der Waals surface area contributed by atoms with Crippen molar-refractivity contribution in [2.75, 3.05) is 4.90 Å². The summed E-state index contributed by atoms with van der Waals surface area (Å²) in [6.45, 7) is -0.0114. The lowest BCUT2D eigenvalue weighted by Gasteiger charge is -2.34. The fourth-order valence-electron chi connectivity index (χ4n) is 7.21. The second-order valence-corrected chi connectivity index (χ2v) is 11.7. The van der Waals surface area contributed by atoms with Crippen molar-refractivity contribution < 1.29 is 13.9 Å². The van der Waals surface area contributed by atoms with Crippen molar-refractivity contribution in [2.45, 2.75) is 0 Å². The number of para-hydroxylation sites is 2. The Morgan fingerprint density at radius 1 is 0.422 bits per heavy atom. The van der Waals surface area contributed by atoms with Crippen molar-refractivity contribution in [3.8, 4) is 23.0 Å². The molecule has 45 heavy (non-hydrogen) atoms. The highest BCUT2D eigenvalue weighted by atomic mass is 16.5. The van der Waals surface area contributed by atoms with E-state index in [-0.39, 0.29) is 6.71 Å². The van der Waals surface area contributed by atoms with Crippen LogP contribution in [-0.4, -0.2) is 6.71 Å². The predicted octanol–water partition coefficient (Wildman–Crippen LogP) is 8.94. The summed E-state index contributed by atoms with van der Waals surface area (Å²) in [5.41, 5.74) is 8.27. The highest BCUT2D eigenvalue weighted by Gasteiger charge is 2.41. The van der Waals surface area contributed by atoms with E-state index in [0.29, 0.717) is 0 Å². The number of hydrogen-bond donors (Lipinski definition) is 0. The van der Waals surface area contributed by atoms with Crippen molar-refractivity contribution in [2.24, 2.45) is 0 Å². The van der Waals surface area contributed by atoms with Crippen LogP contribution in [-0.2, 0) is 0 Å². The third-order valence-corrected chi connectivity index (χ3v) is 9.17. The Balaban J connectivity index is 1.18. The first-order valence-electron chi connectivity index (χ1n) is 15.2. The normalized spacial score (nSPS) is 12.8. The van der Waals surface area contributed by atoms with Crippen LogP contribution in [0, 0.1) is 0 Å². The average molecular weight is 577 g/mol. The Bertz CT molecular complexity index is 2470. The standard InChI is InChI=1S/C40H24BNO3/c1-2-10-26(11-3-1)42(27-19-22-34-31(23-27)30-13-6-7-14-33(30)43-34)28-18-20-32-38(24-28)45-36-16-8-15-35-40(36)41(32)39-29-12-5-4-9-25(29)17-21-37(39)44-35/h1-24H. The van der Waals surface area contributed by atoms with Gasteiger partial charge in [0.25, 0.3) is 6.71 Å². The zero-order valence-electron chi connectivity index (χ0n) is 24.1. The molecule has 0 spiro atoms. The second-order valence-electron chi connectivity index (χ2n) is 11.7. The Labute approximate surface area is 259 Å². The molecule has 2 aliphatic rings. The number of nitrogens with zero attached hydrogens (tertiary/aromatic N) is 1. The summed E-state index contributed by atoms with van der Waals surface area (Å²) in [5.74, 6) is 3.42. The van der Waals surface area contributed by atoms with Crippen molar-refractivity contribution in [3.63, 3.8) is 0 Å². The van der Waals surface area contributed by atoms with E-state index in [4.69, 9.17) is 13.9 Å². The number of hydrogen-bond acceptors (Lipinski definition) is 4. The van der Waals surface area contributed by atoms with Gasteiger partial charge in [0, 0.05) is 39.4 Å². The molecule has 2 aliphatic heterocycles. The van der Waals surface area contributed by atoms with E-state index >= 15 is 0 Å². The lowest BCUT2D eigenvalue weighted by Crippen LogP contribution is -2.57. The third kappa shape index (κ3) is 3.61. The molecule has 5 heteroatoms. The van der Waals surface area contributed by atoms with Gasteiger partial charge in [-0.1, -0.05) is 78.9 Å². The molecule has 0 N–H and O–H groups in total. The topological polar surface area (TPSA) is 34.8 Å². The maximum absolute atomic E-state index is 6.71. The summed E-state index contributed by atoms with van der Waals surface area (Å²) in [6, 6.07) is 50.6. The number of rotatable bonds is 3. The Morgan fingerprint density at radius 3 is 2.00 bits per heavy atom. The summed E-state index contributed by atoms with van der Waals surface area (Å²) >= 11 is 0. The van der Waals surface area contributed by atoms with Crippen LogP contribution in [0.3, 0.4) is 0 Å². The molecule has 0 aliphatic carbocycles. The summed E-state index contributed by atoms with van der Waals surface area (Å²) in [6.07, 6.45) is 0. The highest BCUT2D eigenvalue weighted by Crippen LogP contribution is 2.41. The van der Waals surface area contributed by atoms with Crippen molar-refractivity contribution in [1.82, 2.24) is 0 Å². The Morgan fingerprint density at radius 2 is 1.11 bits per heavy atom. The van der Waals surface area contributed by atoms with Crippen LogP contribution in [0.15, 0.2) is 150 Å². The summed E-state index contributed by atoms with van der Waals surface area (Å²) < 4.78 is 19.4. The summed E-state index contributed by atoms with van der Waals surface area (Å²) in [7, 11) is 0. The molecule has 210 valence electrons. The van der Waals surface area contributed by atoms with Gasteiger partial charge < -0.3 is 18.8 Å². The van der Waals surface area contributed by atoms with Crippen LogP contribution >= 0.6 is 0 Å². The van der Waals surface area contributed by atoms with Crippen LogP contribution in [0.4, 0.5) is 17.1 Å². The van der Waals surface area contributed by atoms with Gasteiger partial charge in [-0.2, -0.15) is 0 Å². The van der Waals surface area contributed by atoms with Crippen LogP contribution in [0.2, 0.25) is 0 Å². The predicted molar refractivity (Wildman–Crippen MR) is 184 cm³/mol. The lowest BCUT2D eigenvalue weighted by molar-refractivity contribution is 0.465. The quantitative estimate of drug-likeness (QED) is 0.197. The molecule has 4 nitrogen and oxygen atoms in total. The van der Waals surface area contributed by atoms with E-state index in [0.717, 1.165) is 72.9 Å². The van der Waals surface area contributed by atoms with E-state index in [1.165, 1.54) is 16.2 Å². The van der Waals surface area contributed by atoms with Gasteiger partial charge in [0.1, 0.15) is 34.2 Å². The maximum Gasteiger partial charge on any atom is 0.261 e. The van der Waals surface area contributed by atoms with E-state index < -0.39 is 0 Å². The van der Waals surface area contributed by atoms with Crippen molar-refractivity contribution in [3.05, 3.63) is 146 Å². The molecule has 0 bridgehead atoms. The molecule has 0 radical (unpaired) electrons. The molecule has 8 aromatic rings. The van der Waals surface area contributed by atoms with E-state index in [9.17, 15) is 0 Å². The molecule has 0 atom stereocenters. The fraction of sp³-hybridized carbons (Fsp3) is 0. The largest absolute Gasteiger partial charge is 0.458 e. The van der Waals surface area contributed by atoms with Gasteiger partial charge in [0.15, 0.2) is 0 Å². The number of anilines is 3. The minimum atomic E-state index is -0.0114. The van der Waals surface area contributed by atoms with Gasteiger partial charge in [-0.15, -0.1) is 0 Å². The molecule has 3 heterocycles. The van der Waals surface area contributed by atoms with Gasteiger partial charge in [0.05, 0.1) is 0 Å². The number of benzene rings is 7. The van der Waals surface area contributed by atoms with Crippen LogP contribution < -0.4 is 30.8 Å². The molecular formula is C40H24BNO3. The SMILES string of the molecule is c1ccc(N(c2ccc3c(c2)Oc2cccc4c2B3c2c(ccc3ccccc23)O4)c2ccc3oc4ccccc4c3c2)cc1. The van der Waals surface area contributed by atoms with Gasteiger partial charge in [-0.3, -0.25) is 0 Å². The van der Waals surface area contributed by atoms with Gasteiger partial charge in [-0.05, 0) is 82.4 Å². The molecule has 7 aromatic carbocycles. The fourth-order valence-corrected chi connectivity index (χ4v) is 7.21. The smallest absolute Gasteiger partial charge is 0.261 e. The zero-order valence-corrected chi connectivity index (χ0v) is 24.1. The molecule has 0 unspecified atom stereocenters. The van der Waals surface area contributed by atoms with Gasteiger partial charge >= 0.3 is 0 Å². The van der Waals surface area contributed by atoms with Crippen LogP contribution in [0.25, 0.3) is 32.7 Å². The monoisotopic (exact) mass is 577 g/mol. The second kappa shape index (κ2) is 9.28. The summed E-state index contributed by atoms with van der Waals surface area (Å²) in [5, 5.41) is 4.59. The van der Waals surface area contributed by atoms with Gasteiger partial charge in [0.2, 0.25) is 0 Å². The molecule has 10 rings (SSSR count). The van der Waals surface area contributed by atoms with Gasteiger partial charge in [-0.25, -0.2) is 0 Å². The first-order chi connectivity index (χ1) is 22.3. The van der Waals surface area contributed by atoms with Crippen LogP contribution in [0.5, 0.6) is 23.0 Å². The molecule has 1 aromatic heterocycles. The van der Waals surface area contributed by atoms with E-state index in [2.05, 4.69) is 114 Å². The Kier molecular flexibility index (Phi) is 5.05. The molecule has 0 saturated heterocycles. The average Bonchev–Trinajstić information content (AvgIpc) is 3.47. The number of furan rings is 1. The number of fused-ring (bicyclic) bond motifs is 9.